The van der Waals surface area contributed by atoms with Gasteiger partial charge < -0.3 is 14.8 Å². The topological polar surface area (TPSA) is 99.4 Å². The lowest BCUT2D eigenvalue weighted by Crippen LogP contribution is -2.03. The number of benzene rings is 2. The summed E-state index contributed by atoms with van der Waals surface area (Å²) in [7, 11) is 2.82. The summed E-state index contributed by atoms with van der Waals surface area (Å²) in [6, 6.07) is 10.8. The number of hydrogen-bond acceptors (Lipinski definition) is 7. The highest BCUT2D eigenvalue weighted by Crippen LogP contribution is 2.39. The fraction of sp³-hybridized carbons (Fsp3) is 0.176. The van der Waals surface area contributed by atoms with Gasteiger partial charge in [-0.2, -0.15) is 9.97 Å². The van der Waals surface area contributed by atoms with Crippen LogP contribution in [0.3, 0.4) is 0 Å². The molecule has 0 aliphatic heterocycles. The molecule has 3 rings (SSSR count). The van der Waals surface area contributed by atoms with Crippen LogP contribution in [-0.4, -0.2) is 29.1 Å². The molecule has 0 saturated heterocycles. The largest absolute Gasteiger partial charge is 0.490 e. The molecule has 1 aromatic heterocycles. The van der Waals surface area contributed by atoms with Crippen molar-refractivity contribution in [3.63, 3.8) is 0 Å². The third-order valence-electron chi connectivity index (χ3n) is 3.65. The predicted octanol–water partition coefficient (Wildman–Crippen LogP) is 3.61. The molecule has 0 radical (unpaired) electrons. The van der Waals surface area contributed by atoms with Gasteiger partial charge in [0.05, 0.1) is 24.7 Å². The summed E-state index contributed by atoms with van der Waals surface area (Å²) >= 11 is 0. The van der Waals surface area contributed by atoms with Crippen molar-refractivity contribution in [1.82, 2.24) is 9.97 Å². The molecule has 0 aliphatic rings. The van der Waals surface area contributed by atoms with E-state index in [0.717, 1.165) is 11.3 Å². The van der Waals surface area contributed by atoms with Gasteiger partial charge >= 0.3 is 11.7 Å². The monoisotopic (exact) mass is 340 g/mol. The molecule has 0 atom stereocenters. The summed E-state index contributed by atoms with van der Waals surface area (Å²) in [6.45, 7) is 1.95. The zero-order valence-corrected chi connectivity index (χ0v) is 13.9. The number of ether oxygens (including phenoxy) is 2. The number of fused-ring (bicyclic) bond motifs is 1. The van der Waals surface area contributed by atoms with E-state index in [1.807, 2.05) is 31.2 Å². The van der Waals surface area contributed by atoms with Gasteiger partial charge in [0.1, 0.15) is 5.39 Å². The highest BCUT2D eigenvalue weighted by atomic mass is 16.6. The fourth-order valence-electron chi connectivity index (χ4n) is 2.55. The molecule has 8 heteroatoms. The zero-order chi connectivity index (χ0) is 18.0. The Labute approximate surface area is 143 Å². The van der Waals surface area contributed by atoms with Gasteiger partial charge in [0, 0.05) is 5.69 Å². The summed E-state index contributed by atoms with van der Waals surface area (Å²) < 4.78 is 10.3. The van der Waals surface area contributed by atoms with Crippen molar-refractivity contribution < 1.29 is 14.4 Å². The van der Waals surface area contributed by atoms with E-state index in [-0.39, 0.29) is 28.7 Å². The molecule has 0 amide bonds. The first-order valence-corrected chi connectivity index (χ1v) is 7.44. The number of methoxy groups -OCH3 is 2. The lowest BCUT2D eigenvalue weighted by atomic mass is 10.1. The average Bonchev–Trinajstić information content (AvgIpc) is 2.60. The van der Waals surface area contributed by atoms with E-state index in [1.165, 1.54) is 20.3 Å². The second-order valence-electron chi connectivity index (χ2n) is 5.32. The van der Waals surface area contributed by atoms with Crippen LogP contribution in [0.25, 0.3) is 10.9 Å². The number of nitro benzene ring substituents is 1. The Kier molecular flexibility index (Phi) is 4.34. The number of nitro groups is 1. The minimum absolute atomic E-state index is 0.113. The number of nitrogens with one attached hydrogen (secondary N) is 1. The van der Waals surface area contributed by atoms with Gasteiger partial charge in [-0.25, -0.2) is 0 Å². The van der Waals surface area contributed by atoms with E-state index in [4.69, 9.17) is 9.47 Å². The standard InChI is InChI=1S/C17H16N4O4/c1-10-5-4-6-11(9-10)18-16-14-12(19-17(20-16)25-3)7-8-13(24-2)15(14)21(22)23/h4-9H,1-3H3,(H,18,19,20). The van der Waals surface area contributed by atoms with Crippen LogP contribution in [0.4, 0.5) is 17.2 Å². The third-order valence-corrected chi connectivity index (χ3v) is 3.65. The maximum absolute atomic E-state index is 11.6. The Morgan fingerprint density at radius 3 is 2.56 bits per heavy atom. The predicted molar refractivity (Wildman–Crippen MR) is 93.8 cm³/mol. The number of aryl methyl sites for hydroxylation is 1. The van der Waals surface area contributed by atoms with Crippen LogP contribution < -0.4 is 14.8 Å². The summed E-state index contributed by atoms with van der Waals surface area (Å²) in [4.78, 5) is 19.6. The molecule has 0 fully saturated rings. The van der Waals surface area contributed by atoms with E-state index < -0.39 is 4.92 Å². The van der Waals surface area contributed by atoms with Crippen molar-refractivity contribution in [2.75, 3.05) is 19.5 Å². The molecule has 25 heavy (non-hydrogen) atoms. The molecule has 0 saturated carbocycles. The normalized spacial score (nSPS) is 10.5. The highest BCUT2D eigenvalue weighted by molar-refractivity contribution is 6.00. The van der Waals surface area contributed by atoms with Gasteiger partial charge in [-0.05, 0) is 36.8 Å². The summed E-state index contributed by atoms with van der Waals surface area (Å²) in [5.74, 6) is 0.414. The lowest BCUT2D eigenvalue weighted by molar-refractivity contribution is -0.383. The van der Waals surface area contributed by atoms with E-state index in [0.29, 0.717) is 5.52 Å². The van der Waals surface area contributed by atoms with Crippen LogP contribution in [0.15, 0.2) is 36.4 Å². The average molecular weight is 340 g/mol. The van der Waals surface area contributed by atoms with Crippen molar-refractivity contribution >= 4 is 28.1 Å². The molecule has 2 aromatic carbocycles. The Morgan fingerprint density at radius 1 is 1.12 bits per heavy atom. The Balaban J connectivity index is 2.28. The zero-order valence-electron chi connectivity index (χ0n) is 13.9. The molecule has 3 aromatic rings. The van der Waals surface area contributed by atoms with Crippen LogP contribution in [0.5, 0.6) is 11.8 Å². The molecule has 128 valence electrons. The molecular formula is C17H16N4O4. The first-order valence-electron chi connectivity index (χ1n) is 7.44. The number of hydrogen-bond donors (Lipinski definition) is 1. The second-order valence-corrected chi connectivity index (χ2v) is 5.32. The van der Waals surface area contributed by atoms with Crippen molar-refractivity contribution in [2.24, 2.45) is 0 Å². The first kappa shape index (κ1) is 16.4. The van der Waals surface area contributed by atoms with E-state index in [9.17, 15) is 10.1 Å². The van der Waals surface area contributed by atoms with Gasteiger partial charge in [0.2, 0.25) is 0 Å². The quantitative estimate of drug-likeness (QED) is 0.559. The minimum Gasteiger partial charge on any atom is -0.490 e. The molecule has 0 bridgehead atoms. The second kappa shape index (κ2) is 6.60. The molecular weight excluding hydrogens is 324 g/mol. The third kappa shape index (κ3) is 3.14. The summed E-state index contributed by atoms with van der Waals surface area (Å²) in [5, 5.41) is 15.0. The van der Waals surface area contributed by atoms with Crippen molar-refractivity contribution in [3.05, 3.63) is 52.1 Å². The van der Waals surface area contributed by atoms with E-state index >= 15 is 0 Å². The Hall–Kier alpha value is -3.42. The molecule has 0 spiro atoms. The van der Waals surface area contributed by atoms with E-state index in [1.54, 1.807) is 6.07 Å². The van der Waals surface area contributed by atoms with Gasteiger partial charge in [-0.3, -0.25) is 10.1 Å². The highest BCUT2D eigenvalue weighted by Gasteiger charge is 2.25. The SMILES string of the molecule is COc1nc(Nc2cccc(C)c2)c2c([N+](=O)[O-])c(OC)ccc2n1. The van der Waals surface area contributed by atoms with Crippen LogP contribution in [-0.2, 0) is 0 Å². The summed E-state index contributed by atoms with van der Waals surface area (Å²) in [6.07, 6.45) is 0. The first-order chi connectivity index (χ1) is 12.0. The van der Waals surface area contributed by atoms with Gasteiger partial charge in [-0.1, -0.05) is 12.1 Å². The molecule has 0 aliphatic carbocycles. The Morgan fingerprint density at radius 2 is 1.92 bits per heavy atom. The van der Waals surface area contributed by atoms with Crippen molar-refractivity contribution in [2.45, 2.75) is 6.92 Å². The number of rotatable bonds is 5. The van der Waals surface area contributed by atoms with Crippen LogP contribution in [0.2, 0.25) is 0 Å². The molecule has 8 nitrogen and oxygen atoms in total. The van der Waals surface area contributed by atoms with Crippen molar-refractivity contribution in [1.29, 1.82) is 0 Å². The lowest BCUT2D eigenvalue weighted by Gasteiger charge is -2.12. The molecule has 0 unspecified atom stereocenters. The van der Waals surface area contributed by atoms with Gasteiger partial charge in [0.15, 0.2) is 11.6 Å². The smallest absolute Gasteiger partial charge is 0.323 e. The fourth-order valence-corrected chi connectivity index (χ4v) is 2.55. The van der Waals surface area contributed by atoms with Crippen LogP contribution in [0.1, 0.15) is 5.56 Å². The minimum atomic E-state index is -0.502. The van der Waals surface area contributed by atoms with Crippen LogP contribution >= 0.6 is 0 Å². The Bertz CT molecular complexity index is 959. The number of anilines is 2. The maximum Gasteiger partial charge on any atom is 0.323 e. The summed E-state index contributed by atoms with van der Waals surface area (Å²) in [5.41, 5.74) is 1.98. The van der Waals surface area contributed by atoms with Crippen molar-refractivity contribution in [3.8, 4) is 11.8 Å². The van der Waals surface area contributed by atoms with Gasteiger partial charge in [0.25, 0.3) is 0 Å². The molecule has 1 N–H and O–H groups in total. The van der Waals surface area contributed by atoms with E-state index in [2.05, 4.69) is 15.3 Å². The number of nitrogens with zero attached hydrogens (tertiary/aromatic N) is 3. The molecule has 1 heterocycles. The van der Waals surface area contributed by atoms with Gasteiger partial charge in [-0.15, -0.1) is 0 Å². The van der Waals surface area contributed by atoms with Crippen LogP contribution in [0, 0.1) is 17.0 Å². The maximum atomic E-state index is 11.6. The number of aromatic nitrogens is 2.